The predicted octanol–water partition coefficient (Wildman–Crippen LogP) is 2.00. The molecule has 0 bridgehead atoms. The van der Waals surface area contributed by atoms with E-state index in [4.69, 9.17) is 16.3 Å². The fraction of sp³-hybridized carbons (Fsp3) is 0.571. The van der Waals surface area contributed by atoms with Crippen LogP contribution in [0.3, 0.4) is 0 Å². The molecule has 0 radical (unpaired) electrons. The van der Waals surface area contributed by atoms with Gasteiger partial charge in [0.25, 0.3) is 0 Å². The zero-order valence-corrected chi connectivity index (χ0v) is 7.99. The van der Waals surface area contributed by atoms with Gasteiger partial charge in [-0.25, -0.2) is 4.98 Å². The summed E-state index contributed by atoms with van der Waals surface area (Å²) in [5.41, 5.74) is 0. The molecule has 0 amide bonds. The molecule has 2 heterocycles. The Hall–Kier alpha value is -0.320. The lowest BCUT2D eigenvalue weighted by atomic mass is 10.3. The molecule has 1 N–H and O–H groups in total. The molecule has 2 rings (SSSR count). The lowest BCUT2D eigenvalue weighted by Crippen LogP contribution is -2.18. The Labute approximate surface area is 79.7 Å². The van der Waals surface area contributed by atoms with Crippen molar-refractivity contribution in [2.24, 2.45) is 0 Å². The Morgan fingerprint density at radius 3 is 3.25 bits per heavy atom. The fourth-order valence-corrected chi connectivity index (χ4v) is 2.06. The Bertz CT molecular complexity index is 260. The van der Waals surface area contributed by atoms with E-state index >= 15 is 0 Å². The van der Waals surface area contributed by atoms with Crippen LogP contribution < -0.4 is 5.32 Å². The molecule has 66 valence electrons. The number of aromatic nitrogens is 1. The molecule has 12 heavy (non-hydrogen) atoms. The van der Waals surface area contributed by atoms with E-state index in [9.17, 15) is 0 Å². The van der Waals surface area contributed by atoms with Gasteiger partial charge in [0.1, 0.15) is 5.15 Å². The van der Waals surface area contributed by atoms with Crippen LogP contribution in [0.25, 0.3) is 0 Å². The van der Waals surface area contributed by atoms with Crippen molar-refractivity contribution in [2.75, 3.05) is 18.5 Å². The highest BCUT2D eigenvalue weighted by molar-refractivity contribution is 7.14. The summed E-state index contributed by atoms with van der Waals surface area (Å²) in [5.74, 6) is 0. The van der Waals surface area contributed by atoms with Gasteiger partial charge in [-0.05, 0) is 6.42 Å². The Morgan fingerprint density at radius 1 is 1.75 bits per heavy atom. The van der Waals surface area contributed by atoms with Crippen LogP contribution in [-0.2, 0) is 4.74 Å². The maximum atomic E-state index is 5.67. The number of rotatable bonds is 2. The number of nitrogens with one attached hydrogen (secondary N) is 1. The molecule has 1 aromatic heterocycles. The Kier molecular flexibility index (Phi) is 2.48. The van der Waals surface area contributed by atoms with Crippen LogP contribution in [0.15, 0.2) is 5.38 Å². The molecule has 1 fully saturated rings. The lowest BCUT2D eigenvalue weighted by molar-refractivity contribution is 0.195. The summed E-state index contributed by atoms with van der Waals surface area (Å²) in [6.45, 7) is 1.62. The van der Waals surface area contributed by atoms with Crippen molar-refractivity contribution in [2.45, 2.75) is 12.5 Å². The van der Waals surface area contributed by atoms with Crippen LogP contribution in [0, 0.1) is 0 Å². The van der Waals surface area contributed by atoms with Crippen LogP contribution in [0.5, 0.6) is 0 Å². The second-order valence-corrected chi connectivity index (χ2v) is 3.93. The average Bonchev–Trinajstić information content (AvgIpc) is 2.63. The molecule has 3 nitrogen and oxygen atoms in total. The third kappa shape index (κ3) is 1.88. The van der Waals surface area contributed by atoms with Crippen molar-refractivity contribution in [3.63, 3.8) is 0 Å². The van der Waals surface area contributed by atoms with Gasteiger partial charge in [0, 0.05) is 12.0 Å². The van der Waals surface area contributed by atoms with E-state index in [2.05, 4.69) is 10.3 Å². The summed E-state index contributed by atoms with van der Waals surface area (Å²) in [7, 11) is 0. The second-order valence-electron chi connectivity index (χ2n) is 2.68. The van der Waals surface area contributed by atoms with Gasteiger partial charge in [0.05, 0.1) is 12.6 Å². The number of hydrogen-bond donors (Lipinski definition) is 1. The van der Waals surface area contributed by atoms with Gasteiger partial charge in [-0.1, -0.05) is 11.6 Å². The molecule has 0 aliphatic carbocycles. The van der Waals surface area contributed by atoms with E-state index < -0.39 is 0 Å². The first kappa shape index (κ1) is 8.29. The topological polar surface area (TPSA) is 34.1 Å². The first-order chi connectivity index (χ1) is 5.84. The van der Waals surface area contributed by atoms with E-state index in [1.807, 2.05) is 5.38 Å². The van der Waals surface area contributed by atoms with Gasteiger partial charge in [0.15, 0.2) is 5.13 Å². The van der Waals surface area contributed by atoms with Crippen molar-refractivity contribution >= 4 is 28.1 Å². The number of hydrogen-bond acceptors (Lipinski definition) is 4. The van der Waals surface area contributed by atoms with Gasteiger partial charge < -0.3 is 10.1 Å². The minimum Gasteiger partial charge on any atom is -0.379 e. The van der Waals surface area contributed by atoms with Gasteiger partial charge in [-0.3, -0.25) is 0 Å². The van der Waals surface area contributed by atoms with Gasteiger partial charge in [0.2, 0.25) is 0 Å². The highest BCUT2D eigenvalue weighted by Gasteiger charge is 2.15. The Balaban J connectivity index is 1.94. The lowest BCUT2D eigenvalue weighted by Gasteiger charge is -2.07. The maximum Gasteiger partial charge on any atom is 0.184 e. The second kappa shape index (κ2) is 3.60. The summed E-state index contributed by atoms with van der Waals surface area (Å²) >= 11 is 7.20. The molecular formula is C7H9ClN2OS. The fourth-order valence-electron chi connectivity index (χ4n) is 1.14. The molecule has 1 unspecified atom stereocenters. The smallest absolute Gasteiger partial charge is 0.184 e. The number of thiazole rings is 1. The van der Waals surface area contributed by atoms with Crippen molar-refractivity contribution < 1.29 is 4.74 Å². The molecule has 0 saturated carbocycles. The van der Waals surface area contributed by atoms with Crippen LogP contribution in [0.4, 0.5) is 5.13 Å². The number of halogens is 1. The number of nitrogens with zero attached hydrogens (tertiary/aromatic N) is 1. The van der Waals surface area contributed by atoms with Crippen molar-refractivity contribution in [3.05, 3.63) is 10.5 Å². The normalized spacial score (nSPS) is 22.9. The van der Waals surface area contributed by atoms with E-state index in [0.29, 0.717) is 11.2 Å². The van der Waals surface area contributed by atoms with Crippen LogP contribution in [-0.4, -0.2) is 24.2 Å². The first-order valence-electron chi connectivity index (χ1n) is 3.80. The molecule has 5 heteroatoms. The zero-order chi connectivity index (χ0) is 8.39. The van der Waals surface area contributed by atoms with Crippen LogP contribution in [0.1, 0.15) is 6.42 Å². The van der Waals surface area contributed by atoms with Crippen LogP contribution in [0.2, 0.25) is 5.15 Å². The summed E-state index contributed by atoms with van der Waals surface area (Å²) < 4.78 is 5.22. The van der Waals surface area contributed by atoms with E-state index in [1.165, 1.54) is 11.3 Å². The summed E-state index contributed by atoms with van der Waals surface area (Å²) in [6.07, 6.45) is 1.05. The molecule has 1 aliphatic rings. The molecule has 1 aromatic rings. The molecular weight excluding hydrogens is 196 g/mol. The third-order valence-corrected chi connectivity index (χ3v) is 2.83. The monoisotopic (exact) mass is 204 g/mol. The molecule has 1 saturated heterocycles. The summed E-state index contributed by atoms with van der Waals surface area (Å²) in [5, 5.41) is 6.52. The van der Waals surface area contributed by atoms with E-state index in [1.54, 1.807) is 0 Å². The molecule has 1 atom stereocenters. The summed E-state index contributed by atoms with van der Waals surface area (Å²) in [4.78, 5) is 4.09. The number of ether oxygens (including phenoxy) is 1. The minimum absolute atomic E-state index is 0.409. The standard InChI is InChI=1S/C7H9ClN2OS/c8-6-4-12-7(10-6)9-5-1-2-11-3-5/h4-5H,1-3H2,(H,9,10). The highest BCUT2D eigenvalue weighted by atomic mass is 35.5. The van der Waals surface area contributed by atoms with Gasteiger partial charge >= 0.3 is 0 Å². The zero-order valence-electron chi connectivity index (χ0n) is 6.42. The molecule has 0 spiro atoms. The quantitative estimate of drug-likeness (QED) is 0.800. The van der Waals surface area contributed by atoms with Crippen molar-refractivity contribution in [1.82, 2.24) is 4.98 Å². The third-order valence-electron chi connectivity index (χ3n) is 1.73. The van der Waals surface area contributed by atoms with Crippen molar-refractivity contribution in [3.8, 4) is 0 Å². The highest BCUT2D eigenvalue weighted by Crippen LogP contribution is 2.21. The first-order valence-corrected chi connectivity index (χ1v) is 5.05. The molecule has 0 aromatic carbocycles. The maximum absolute atomic E-state index is 5.67. The van der Waals surface area contributed by atoms with E-state index in [-0.39, 0.29) is 0 Å². The average molecular weight is 205 g/mol. The number of anilines is 1. The van der Waals surface area contributed by atoms with Gasteiger partial charge in [-0.2, -0.15) is 0 Å². The van der Waals surface area contributed by atoms with E-state index in [0.717, 1.165) is 24.8 Å². The predicted molar refractivity (Wildman–Crippen MR) is 50.0 cm³/mol. The van der Waals surface area contributed by atoms with Crippen molar-refractivity contribution in [1.29, 1.82) is 0 Å². The summed E-state index contributed by atoms with van der Waals surface area (Å²) in [6, 6.07) is 0.409. The van der Waals surface area contributed by atoms with Crippen LogP contribution >= 0.6 is 22.9 Å². The SMILES string of the molecule is Clc1csc(NC2CCOC2)n1. The largest absolute Gasteiger partial charge is 0.379 e. The van der Waals surface area contributed by atoms with Gasteiger partial charge in [-0.15, -0.1) is 11.3 Å². The Morgan fingerprint density at radius 2 is 2.67 bits per heavy atom. The minimum atomic E-state index is 0.409. The molecule has 1 aliphatic heterocycles.